The molecule has 1 aromatic heterocycles. The van der Waals surface area contributed by atoms with E-state index in [4.69, 9.17) is 4.43 Å². The Labute approximate surface area is 93.6 Å². The lowest BCUT2D eigenvalue weighted by Crippen LogP contribution is -2.25. The van der Waals surface area contributed by atoms with Crippen LogP contribution in [0.4, 0.5) is 0 Å². The quantitative estimate of drug-likeness (QED) is 0.528. The molecule has 0 radical (unpaired) electrons. The van der Waals surface area contributed by atoms with Crippen LogP contribution in [0, 0.1) is 0 Å². The molecule has 0 aromatic carbocycles. The van der Waals surface area contributed by atoms with E-state index in [1.165, 1.54) is 19.3 Å². The molecular weight excluding hydrogens is 204 g/mol. The van der Waals surface area contributed by atoms with Gasteiger partial charge in [0.25, 0.3) is 0 Å². The summed E-state index contributed by atoms with van der Waals surface area (Å²) in [6.45, 7) is 8.71. The molecule has 4 heteroatoms. The minimum Gasteiger partial charge on any atom is -0.418 e. The number of aromatic nitrogens is 2. The first-order chi connectivity index (χ1) is 7.08. The fraction of sp³-hybridized carbons (Fsp3) is 0.727. The van der Waals surface area contributed by atoms with Gasteiger partial charge in [-0.05, 0) is 38.9 Å². The monoisotopic (exact) mass is 226 g/mol. The average molecular weight is 226 g/mol. The van der Waals surface area contributed by atoms with E-state index in [1.807, 2.05) is 18.7 Å². The number of imidazole rings is 1. The molecule has 0 amide bonds. The van der Waals surface area contributed by atoms with Crippen molar-refractivity contribution in [3.63, 3.8) is 0 Å². The summed E-state index contributed by atoms with van der Waals surface area (Å²) in [5, 5.41) is 0. The van der Waals surface area contributed by atoms with Crippen LogP contribution in [-0.2, 0) is 11.0 Å². The fourth-order valence-electron chi connectivity index (χ4n) is 1.37. The van der Waals surface area contributed by atoms with Crippen molar-refractivity contribution in [1.29, 1.82) is 0 Å². The van der Waals surface area contributed by atoms with Gasteiger partial charge in [-0.3, -0.25) is 0 Å². The van der Waals surface area contributed by atoms with Crippen LogP contribution in [-0.4, -0.2) is 24.5 Å². The maximum absolute atomic E-state index is 5.79. The standard InChI is InChI=1S/C11H22N2OSi/c1-15(2,3)14-10-6-4-5-8-13-9-7-12-11-13/h7,9,11H,4-6,8,10H2,1-3H3. The number of hydrogen-bond donors (Lipinski definition) is 0. The third kappa shape index (κ3) is 6.46. The molecule has 0 saturated heterocycles. The minimum absolute atomic E-state index is 0.930. The molecule has 1 heterocycles. The zero-order valence-electron chi connectivity index (χ0n) is 10.1. The first-order valence-electron chi connectivity index (χ1n) is 5.68. The van der Waals surface area contributed by atoms with Crippen LogP contribution < -0.4 is 0 Å². The van der Waals surface area contributed by atoms with Crippen molar-refractivity contribution in [3.05, 3.63) is 18.7 Å². The second kappa shape index (κ2) is 6.08. The Bertz CT molecular complexity index is 254. The normalized spacial score (nSPS) is 11.9. The predicted molar refractivity (Wildman–Crippen MR) is 65.4 cm³/mol. The molecule has 1 aromatic rings. The molecule has 0 bridgehead atoms. The second-order valence-corrected chi connectivity index (χ2v) is 9.34. The van der Waals surface area contributed by atoms with E-state index in [1.54, 1.807) is 0 Å². The SMILES string of the molecule is C[Si](C)(C)OCCCCCn1ccnc1. The van der Waals surface area contributed by atoms with Crippen molar-refractivity contribution in [2.75, 3.05) is 6.61 Å². The van der Waals surface area contributed by atoms with Gasteiger partial charge >= 0.3 is 0 Å². The molecule has 86 valence electrons. The Morgan fingerprint density at radius 3 is 2.60 bits per heavy atom. The van der Waals surface area contributed by atoms with Crippen LogP contribution in [0.25, 0.3) is 0 Å². The van der Waals surface area contributed by atoms with Gasteiger partial charge < -0.3 is 8.99 Å². The molecule has 0 aliphatic heterocycles. The molecule has 3 nitrogen and oxygen atoms in total. The molecule has 0 aliphatic rings. The Balaban J connectivity index is 1.94. The van der Waals surface area contributed by atoms with Crippen molar-refractivity contribution in [1.82, 2.24) is 9.55 Å². The molecule has 0 aliphatic carbocycles. The zero-order chi connectivity index (χ0) is 11.1. The van der Waals surface area contributed by atoms with Crippen LogP contribution in [0.3, 0.4) is 0 Å². The molecule has 1 rings (SSSR count). The van der Waals surface area contributed by atoms with Crippen molar-refractivity contribution in [3.8, 4) is 0 Å². The summed E-state index contributed by atoms with van der Waals surface area (Å²) in [5.41, 5.74) is 0. The Hall–Kier alpha value is -0.613. The minimum atomic E-state index is -1.29. The fourth-order valence-corrected chi connectivity index (χ4v) is 2.13. The number of aryl methyl sites for hydroxylation is 1. The van der Waals surface area contributed by atoms with E-state index in [0.29, 0.717) is 0 Å². The predicted octanol–water partition coefficient (Wildman–Crippen LogP) is 2.90. The third-order valence-corrected chi connectivity index (χ3v) is 3.23. The van der Waals surface area contributed by atoms with Crippen LogP contribution >= 0.6 is 0 Å². The molecule has 0 N–H and O–H groups in total. The highest BCUT2D eigenvalue weighted by molar-refractivity contribution is 6.69. The molecule has 0 fully saturated rings. The smallest absolute Gasteiger partial charge is 0.183 e. The molecule has 0 spiro atoms. The second-order valence-electron chi connectivity index (χ2n) is 4.82. The number of hydrogen-bond acceptors (Lipinski definition) is 2. The number of rotatable bonds is 7. The summed E-state index contributed by atoms with van der Waals surface area (Å²) in [4.78, 5) is 4.01. The molecule has 0 unspecified atom stereocenters. The Kier molecular flexibility index (Phi) is 5.05. The largest absolute Gasteiger partial charge is 0.418 e. The van der Waals surface area contributed by atoms with Gasteiger partial charge in [0.2, 0.25) is 0 Å². The van der Waals surface area contributed by atoms with Crippen molar-refractivity contribution in [2.24, 2.45) is 0 Å². The van der Waals surface area contributed by atoms with Crippen LogP contribution in [0.5, 0.6) is 0 Å². The van der Waals surface area contributed by atoms with Crippen LogP contribution in [0.1, 0.15) is 19.3 Å². The summed E-state index contributed by atoms with van der Waals surface area (Å²) in [5.74, 6) is 0. The highest BCUT2D eigenvalue weighted by Gasteiger charge is 2.12. The highest BCUT2D eigenvalue weighted by atomic mass is 28.4. The van der Waals surface area contributed by atoms with Gasteiger partial charge in [-0.15, -0.1) is 0 Å². The molecule has 15 heavy (non-hydrogen) atoms. The van der Waals surface area contributed by atoms with Gasteiger partial charge in [0, 0.05) is 25.5 Å². The lowest BCUT2D eigenvalue weighted by Gasteiger charge is -2.16. The Morgan fingerprint density at radius 2 is 2.00 bits per heavy atom. The topological polar surface area (TPSA) is 27.1 Å². The van der Waals surface area contributed by atoms with E-state index in [9.17, 15) is 0 Å². The van der Waals surface area contributed by atoms with E-state index < -0.39 is 8.32 Å². The summed E-state index contributed by atoms with van der Waals surface area (Å²) in [6, 6.07) is 0. The van der Waals surface area contributed by atoms with Crippen molar-refractivity contribution >= 4 is 8.32 Å². The molecule has 0 saturated carbocycles. The van der Waals surface area contributed by atoms with E-state index in [2.05, 4.69) is 29.2 Å². The van der Waals surface area contributed by atoms with E-state index >= 15 is 0 Å². The number of nitrogens with zero attached hydrogens (tertiary/aromatic N) is 2. The maximum atomic E-state index is 5.79. The van der Waals surface area contributed by atoms with E-state index in [-0.39, 0.29) is 0 Å². The Morgan fingerprint density at radius 1 is 1.20 bits per heavy atom. The van der Waals surface area contributed by atoms with Gasteiger partial charge in [0.05, 0.1) is 6.33 Å². The summed E-state index contributed by atoms with van der Waals surface area (Å²) in [6.07, 6.45) is 9.35. The summed E-state index contributed by atoms with van der Waals surface area (Å²) < 4.78 is 7.91. The van der Waals surface area contributed by atoms with Crippen molar-refractivity contribution < 1.29 is 4.43 Å². The van der Waals surface area contributed by atoms with Gasteiger partial charge in [-0.1, -0.05) is 0 Å². The van der Waals surface area contributed by atoms with E-state index in [0.717, 1.165) is 13.2 Å². The van der Waals surface area contributed by atoms with Crippen molar-refractivity contribution in [2.45, 2.75) is 45.4 Å². The first-order valence-corrected chi connectivity index (χ1v) is 9.08. The van der Waals surface area contributed by atoms with Gasteiger partial charge in [-0.25, -0.2) is 4.98 Å². The number of unbranched alkanes of at least 4 members (excludes halogenated alkanes) is 2. The zero-order valence-corrected chi connectivity index (χ0v) is 11.1. The maximum Gasteiger partial charge on any atom is 0.183 e. The molecular formula is C11H22N2OSi. The van der Waals surface area contributed by atoms with Gasteiger partial charge in [-0.2, -0.15) is 0 Å². The lowest BCUT2D eigenvalue weighted by atomic mass is 10.2. The van der Waals surface area contributed by atoms with Gasteiger partial charge in [0.1, 0.15) is 0 Å². The third-order valence-electron chi connectivity index (χ3n) is 2.15. The van der Waals surface area contributed by atoms with Gasteiger partial charge in [0.15, 0.2) is 8.32 Å². The summed E-state index contributed by atoms with van der Waals surface area (Å²) in [7, 11) is -1.29. The molecule has 0 atom stereocenters. The highest BCUT2D eigenvalue weighted by Crippen LogP contribution is 2.05. The van der Waals surface area contributed by atoms with Crippen LogP contribution in [0.2, 0.25) is 19.6 Å². The van der Waals surface area contributed by atoms with Crippen LogP contribution in [0.15, 0.2) is 18.7 Å². The first kappa shape index (κ1) is 12.5. The average Bonchev–Trinajstić information content (AvgIpc) is 2.61. The summed E-state index contributed by atoms with van der Waals surface area (Å²) >= 11 is 0. The lowest BCUT2D eigenvalue weighted by molar-refractivity contribution is 0.298.